The van der Waals surface area contributed by atoms with Crippen LogP contribution in [0.25, 0.3) is 5.52 Å². The summed E-state index contributed by atoms with van der Waals surface area (Å²) < 4.78 is 7.34. The summed E-state index contributed by atoms with van der Waals surface area (Å²) >= 11 is 0. The van der Waals surface area contributed by atoms with E-state index in [1.807, 2.05) is 44.2 Å². The zero-order valence-corrected chi connectivity index (χ0v) is 17.5. The average Bonchev–Trinajstić information content (AvgIpc) is 3.26. The van der Waals surface area contributed by atoms with Crippen molar-refractivity contribution in [2.24, 2.45) is 5.92 Å². The lowest BCUT2D eigenvalue weighted by molar-refractivity contribution is 0.340. The molecule has 1 saturated heterocycles. The lowest BCUT2D eigenvalue weighted by Gasteiger charge is -2.25. The molecule has 1 unspecified atom stereocenters. The number of anilines is 3. The van der Waals surface area contributed by atoms with Gasteiger partial charge in [-0.05, 0) is 76.0 Å². The van der Waals surface area contributed by atoms with Crippen LogP contribution in [0.4, 0.5) is 17.2 Å². The van der Waals surface area contributed by atoms with Gasteiger partial charge in [-0.2, -0.15) is 10.4 Å². The molecule has 3 heterocycles. The van der Waals surface area contributed by atoms with E-state index in [-0.39, 0.29) is 0 Å². The molecule has 1 aromatic carbocycles. The molecule has 4 rings (SSSR count). The quantitative estimate of drug-likeness (QED) is 0.550. The molecule has 7 heteroatoms. The van der Waals surface area contributed by atoms with Crippen molar-refractivity contribution in [1.82, 2.24) is 14.9 Å². The molecule has 0 spiro atoms. The number of aromatic nitrogens is 2. The molecule has 0 saturated carbocycles. The van der Waals surface area contributed by atoms with Crippen LogP contribution < -0.4 is 20.7 Å². The van der Waals surface area contributed by atoms with Crippen LogP contribution in [-0.4, -0.2) is 35.9 Å². The number of hydrogen-bond donors (Lipinski definition) is 3. The lowest BCUT2D eigenvalue weighted by Crippen LogP contribution is -2.33. The summed E-state index contributed by atoms with van der Waals surface area (Å²) in [6.45, 7) is 7.59. The summed E-state index contributed by atoms with van der Waals surface area (Å²) in [6.07, 6.45) is 4.13. The summed E-state index contributed by atoms with van der Waals surface area (Å²) in [5.74, 6) is 2.25. The Balaban J connectivity index is 1.67. The minimum atomic E-state index is 0.563. The van der Waals surface area contributed by atoms with Crippen molar-refractivity contribution in [3.8, 4) is 11.8 Å². The van der Waals surface area contributed by atoms with Gasteiger partial charge in [-0.15, -0.1) is 0 Å². The molecule has 0 amide bonds. The standard InChI is InChI=1S/C23H28N6O/c1-3-30-19-8-6-18(7-9-19)28-23-16(2)22(26-15-17-5-4-11-25-14-17)20(13-24)21-10-12-27-29(21)23/h6-10,12,17,25-26,28H,3-5,11,14-15H2,1-2H3. The minimum Gasteiger partial charge on any atom is -0.494 e. The van der Waals surface area contributed by atoms with Crippen LogP contribution in [-0.2, 0) is 0 Å². The number of hydrogen-bond acceptors (Lipinski definition) is 6. The Hall–Kier alpha value is -3.24. The summed E-state index contributed by atoms with van der Waals surface area (Å²) in [4.78, 5) is 0. The molecule has 2 aromatic heterocycles. The van der Waals surface area contributed by atoms with Crippen LogP contribution in [0.5, 0.6) is 5.75 Å². The fraction of sp³-hybridized carbons (Fsp3) is 0.391. The van der Waals surface area contributed by atoms with Gasteiger partial charge < -0.3 is 20.7 Å². The van der Waals surface area contributed by atoms with E-state index in [0.29, 0.717) is 18.1 Å². The molecule has 3 N–H and O–H groups in total. The highest BCUT2D eigenvalue weighted by atomic mass is 16.5. The van der Waals surface area contributed by atoms with Crippen molar-refractivity contribution >= 4 is 22.7 Å². The van der Waals surface area contributed by atoms with Gasteiger partial charge in [0.25, 0.3) is 0 Å². The first-order chi connectivity index (χ1) is 14.7. The fourth-order valence-corrected chi connectivity index (χ4v) is 4.03. The fourth-order valence-electron chi connectivity index (χ4n) is 4.03. The number of fused-ring (bicyclic) bond motifs is 1. The molecular weight excluding hydrogens is 376 g/mol. The predicted molar refractivity (Wildman–Crippen MR) is 120 cm³/mol. The highest BCUT2D eigenvalue weighted by molar-refractivity contribution is 5.82. The SMILES string of the molecule is CCOc1ccc(Nc2c(C)c(NCC3CCCNC3)c(C#N)c3ccnn23)cc1. The van der Waals surface area contributed by atoms with Gasteiger partial charge in [0.2, 0.25) is 0 Å². The Kier molecular flexibility index (Phi) is 6.05. The van der Waals surface area contributed by atoms with Crippen LogP contribution in [0.15, 0.2) is 36.5 Å². The van der Waals surface area contributed by atoms with E-state index in [4.69, 9.17) is 4.74 Å². The largest absolute Gasteiger partial charge is 0.494 e. The number of piperidine rings is 1. The van der Waals surface area contributed by atoms with Crippen LogP contribution in [0.1, 0.15) is 30.9 Å². The molecule has 7 nitrogen and oxygen atoms in total. The second-order valence-corrected chi connectivity index (χ2v) is 7.64. The van der Waals surface area contributed by atoms with Crippen LogP contribution in [0, 0.1) is 24.2 Å². The molecule has 156 valence electrons. The van der Waals surface area contributed by atoms with Crippen LogP contribution in [0.2, 0.25) is 0 Å². The highest BCUT2D eigenvalue weighted by Gasteiger charge is 2.20. The van der Waals surface area contributed by atoms with Crippen molar-refractivity contribution in [2.45, 2.75) is 26.7 Å². The van der Waals surface area contributed by atoms with Gasteiger partial charge in [-0.3, -0.25) is 0 Å². The lowest BCUT2D eigenvalue weighted by atomic mass is 9.99. The Labute approximate surface area is 177 Å². The maximum absolute atomic E-state index is 9.88. The van der Waals surface area contributed by atoms with Gasteiger partial charge >= 0.3 is 0 Å². The molecule has 30 heavy (non-hydrogen) atoms. The molecule has 1 aliphatic heterocycles. The second-order valence-electron chi connectivity index (χ2n) is 7.64. The van der Waals surface area contributed by atoms with E-state index in [1.54, 1.807) is 10.7 Å². The van der Waals surface area contributed by atoms with Crippen LogP contribution in [0.3, 0.4) is 0 Å². The molecule has 1 fully saturated rings. The summed E-state index contributed by atoms with van der Waals surface area (Å²) in [5, 5.41) is 24.9. The molecule has 0 radical (unpaired) electrons. The Morgan fingerprint density at radius 2 is 2.13 bits per heavy atom. The molecule has 3 aromatic rings. The van der Waals surface area contributed by atoms with E-state index in [0.717, 1.165) is 53.7 Å². The van der Waals surface area contributed by atoms with E-state index >= 15 is 0 Å². The van der Waals surface area contributed by atoms with Gasteiger partial charge in [0, 0.05) is 17.8 Å². The van der Waals surface area contributed by atoms with Crippen molar-refractivity contribution in [3.63, 3.8) is 0 Å². The minimum absolute atomic E-state index is 0.563. The maximum Gasteiger partial charge on any atom is 0.137 e. The topological polar surface area (TPSA) is 86.4 Å². The molecule has 0 bridgehead atoms. The van der Waals surface area contributed by atoms with Crippen molar-refractivity contribution in [2.75, 3.05) is 36.9 Å². The third-order valence-electron chi connectivity index (χ3n) is 5.60. The van der Waals surface area contributed by atoms with Gasteiger partial charge in [-0.1, -0.05) is 0 Å². The molecule has 0 aliphatic carbocycles. The van der Waals surface area contributed by atoms with Gasteiger partial charge in [-0.25, -0.2) is 4.52 Å². The first kappa shape index (κ1) is 20.0. The van der Waals surface area contributed by atoms with Crippen LogP contribution >= 0.6 is 0 Å². The predicted octanol–water partition coefficient (Wildman–Crippen LogP) is 4.07. The second kappa shape index (κ2) is 9.06. The zero-order chi connectivity index (χ0) is 20.9. The summed E-state index contributed by atoms with van der Waals surface area (Å²) in [7, 11) is 0. The third kappa shape index (κ3) is 4.05. The highest BCUT2D eigenvalue weighted by Crippen LogP contribution is 2.33. The molecule has 1 aliphatic rings. The number of pyridine rings is 1. The number of nitrogens with zero attached hydrogens (tertiary/aromatic N) is 3. The first-order valence-corrected chi connectivity index (χ1v) is 10.6. The average molecular weight is 405 g/mol. The molecular formula is C23H28N6O. The normalized spacial score (nSPS) is 16.2. The first-order valence-electron chi connectivity index (χ1n) is 10.6. The van der Waals surface area contributed by atoms with Crippen molar-refractivity contribution < 1.29 is 4.74 Å². The third-order valence-corrected chi connectivity index (χ3v) is 5.60. The smallest absolute Gasteiger partial charge is 0.137 e. The number of nitrogens with one attached hydrogen (secondary N) is 3. The van der Waals surface area contributed by atoms with Crippen molar-refractivity contribution in [3.05, 3.63) is 47.7 Å². The number of benzene rings is 1. The monoisotopic (exact) mass is 404 g/mol. The zero-order valence-electron chi connectivity index (χ0n) is 17.5. The number of rotatable bonds is 7. The van der Waals surface area contributed by atoms with E-state index < -0.39 is 0 Å². The van der Waals surface area contributed by atoms with E-state index in [1.165, 1.54) is 12.8 Å². The number of ether oxygens (including phenoxy) is 1. The van der Waals surface area contributed by atoms with Gasteiger partial charge in [0.05, 0.1) is 24.0 Å². The summed E-state index contributed by atoms with van der Waals surface area (Å²) in [6, 6.07) is 12.1. The van der Waals surface area contributed by atoms with Gasteiger partial charge in [0.15, 0.2) is 0 Å². The summed E-state index contributed by atoms with van der Waals surface area (Å²) in [5.41, 5.74) is 4.21. The Morgan fingerprint density at radius 1 is 1.30 bits per heavy atom. The molecule has 1 atom stereocenters. The Bertz CT molecular complexity index is 1040. The van der Waals surface area contributed by atoms with Gasteiger partial charge in [0.1, 0.15) is 23.2 Å². The number of nitriles is 1. The van der Waals surface area contributed by atoms with E-state index in [2.05, 4.69) is 27.1 Å². The maximum atomic E-state index is 9.88. The van der Waals surface area contributed by atoms with Crippen molar-refractivity contribution in [1.29, 1.82) is 5.26 Å². The van der Waals surface area contributed by atoms with E-state index in [9.17, 15) is 5.26 Å². The Morgan fingerprint density at radius 3 is 2.83 bits per heavy atom.